The van der Waals surface area contributed by atoms with E-state index in [4.69, 9.17) is 0 Å². The maximum absolute atomic E-state index is 11.3. The first-order chi connectivity index (χ1) is 6.04. The molecule has 0 heterocycles. The van der Waals surface area contributed by atoms with Crippen LogP contribution in [0.4, 0.5) is 0 Å². The zero-order valence-corrected chi connectivity index (χ0v) is 9.75. The second kappa shape index (κ2) is 6.27. The number of amides is 1. The van der Waals surface area contributed by atoms with Crippen LogP contribution in [0.3, 0.4) is 0 Å². The van der Waals surface area contributed by atoms with E-state index in [9.17, 15) is 4.79 Å². The van der Waals surface area contributed by atoms with Crippen molar-refractivity contribution >= 4 is 17.7 Å². The Morgan fingerprint density at radius 1 is 1.46 bits per heavy atom. The first-order valence-corrected chi connectivity index (χ1v) is 5.86. The van der Waals surface area contributed by atoms with Crippen LogP contribution in [0.15, 0.2) is 0 Å². The lowest BCUT2D eigenvalue weighted by Crippen LogP contribution is -2.42. The monoisotopic (exact) mass is 204 g/mol. The Morgan fingerprint density at radius 2 is 2.08 bits per heavy atom. The fourth-order valence-electron chi connectivity index (χ4n) is 0.994. The Kier molecular flexibility index (Phi) is 6.16. The molecule has 0 bridgehead atoms. The predicted molar refractivity (Wildman–Crippen MR) is 59.1 cm³/mol. The van der Waals surface area contributed by atoms with Crippen LogP contribution in [0.25, 0.3) is 0 Å². The molecule has 0 unspecified atom stereocenters. The molecule has 0 fully saturated rings. The Hall–Kier alpha value is -0.220. The minimum absolute atomic E-state index is 0.0872. The summed E-state index contributed by atoms with van der Waals surface area (Å²) in [4.78, 5) is 11.3. The number of hydrogen-bond acceptors (Lipinski definition) is 3. The molecular formula is C9H20N2OS. The maximum atomic E-state index is 11.3. The summed E-state index contributed by atoms with van der Waals surface area (Å²) in [5, 5.41) is 5.92. The first-order valence-electron chi connectivity index (χ1n) is 4.46. The molecule has 0 aromatic carbocycles. The van der Waals surface area contributed by atoms with Crippen molar-refractivity contribution in [3.8, 4) is 0 Å². The third-order valence-corrected chi connectivity index (χ3v) is 2.50. The van der Waals surface area contributed by atoms with Crippen LogP contribution in [0.5, 0.6) is 0 Å². The van der Waals surface area contributed by atoms with E-state index in [1.165, 1.54) is 0 Å². The van der Waals surface area contributed by atoms with E-state index in [0.29, 0.717) is 0 Å². The summed E-state index contributed by atoms with van der Waals surface area (Å²) >= 11 is 1.80. The zero-order chi connectivity index (χ0) is 10.3. The maximum Gasteiger partial charge on any atom is 0.226 e. The highest BCUT2D eigenvalue weighted by Crippen LogP contribution is 2.12. The Balaban J connectivity index is 3.69. The summed E-state index contributed by atoms with van der Waals surface area (Å²) < 4.78 is 0. The van der Waals surface area contributed by atoms with Gasteiger partial charge in [0.15, 0.2) is 0 Å². The minimum Gasteiger partial charge on any atom is -0.359 e. The highest BCUT2D eigenvalue weighted by atomic mass is 32.2. The number of rotatable bonds is 6. The summed E-state index contributed by atoms with van der Waals surface area (Å²) in [6, 6.07) is 0. The van der Waals surface area contributed by atoms with E-state index in [0.717, 1.165) is 18.8 Å². The number of nitrogens with one attached hydrogen (secondary N) is 2. The molecule has 4 heteroatoms. The summed E-state index contributed by atoms with van der Waals surface area (Å²) in [6.45, 7) is 5.57. The molecule has 0 aliphatic rings. The molecule has 0 aliphatic heterocycles. The van der Waals surface area contributed by atoms with Gasteiger partial charge in [0, 0.05) is 25.9 Å². The molecular weight excluding hydrogens is 184 g/mol. The number of thioether (sulfide) groups is 1. The lowest BCUT2D eigenvalue weighted by atomic mass is 9.92. The summed E-state index contributed by atoms with van der Waals surface area (Å²) in [6.07, 6.45) is 2.07. The Labute approximate surface area is 85.0 Å². The summed E-state index contributed by atoms with van der Waals surface area (Å²) in [5.41, 5.74) is -0.312. The van der Waals surface area contributed by atoms with Gasteiger partial charge in [-0.1, -0.05) is 0 Å². The van der Waals surface area contributed by atoms with Crippen molar-refractivity contribution in [2.75, 3.05) is 32.1 Å². The number of hydrogen-bond donors (Lipinski definition) is 2. The number of carbonyl (C=O) groups is 1. The van der Waals surface area contributed by atoms with Gasteiger partial charge in [-0.25, -0.2) is 0 Å². The van der Waals surface area contributed by atoms with Crippen LogP contribution < -0.4 is 10.6 Å². The summed E-state index contributed by atoms with van der Waals surface area (Å²) in [7, 11) is 1.67. The molecule has 0 spiro atoms. The topological polar surface area (TPSA) is 41.1 Å². The van der Waals surface area contributed by atoms with Gasteiger partial charge >= 0.3 is 0 Å². The van der Waals surface area contributed by atoms with Gasteiger partial charge in [0.1, 0.15) is 0 Å². The van der Waals surface area contributed by atoms with E-state index in [-0.39, 0.29) is 11.3 Å². The van der Waals surface area contributed by atoms with Crippen LogP contribution in [0.1, 0.15) is 13.8 Å². The van der Waals surface area contributed by atoms with Crippen LogP contribution in [-0.4, -0.2) is 38.1 Å². The second-order valence-electron chi connectivity index (χ2n) is 3.63. The van der Waals surface area contributed by atoms with Crippen molar-refractivity contribution in [2.24, 2.45) is 5.41 Å². The van der Waals surface area contributed by atoms with E-state index in [1.807, 2.05) is 13.8 Å². The molecule has 0 aliphatic carbocycles. The van der Waals surface area contributed by atoms with Crippen molar-refractivity contribution < 1.29 is 4.79 Å². The van der Waals surface area contributed by atoms with Crippen molar-refractivity contribution in [1.29, 1.82) is 0 Å². The average Bonchev–Trinajstić information content (AvgIpc) is 2.11. The van der Waals surface area contributed by atoms with Gasteiger partial charge in [-0.05, 0) is 20.1 Å². The molecule has 0 aromatic rings. The quantitative estimate of drug-likeness (QED) is 0.626. The van der Waals surface area contributed by atoms with Gasteiger partial charge in [-0.15, -0.1) is 0 Å². The van der Waals surface area contributed by atoms with Crippen molar-refractivity contribution in [3.63, 3.8) is 0 Å². The Morgan fingerprint density at radius 3 is 2.54 bits per heavy atom. The van der Waals surface area contributed by atoms with Crippen molar-refractivity contribution in [1.82, 2.24) is 10.6 Å². The predicted octanol–water partition coefficient (Wildman–Crippen LogP) is 0.711. The van der Waals surface area contributed by atoms with Crippen molar-refractivity contribution in [3.05, 3.63) is 0 Å². The van der Waals surface area contributed by atoms with E-state index >= 15 is 0 Å². The lowest BCUT2D eigenvalue weighted by Gasteiger charge is -2.22. The molecule has 0 radical (unpaired) electrons. The largest absolute Gasteiger partial charge is 0.359 e. The van der Waals surface area contributed by atoms with Gasteiger partial charge in [-0.3, -0.25) is 4.79 Å². The lowest BCUT2D eigenvalue weighted by molar-refractivity contribution is -0.128. The first kappa shape index (κ1) is 12.8. The Bertz CT molecular complexity index is 160. The molecule has 0 rings (SSSR count). The average molecular weight is 204 g/mol. The van der Waals surface area contributed by atoms with Gasteiger partial charge in [-0.2, -0.15) is 11.8 Å². The molecule has 0 saturated carbocycles. The molecule has 2 N–H and O–H groups in total. The normalized spacial score (nSPS) is 11.4. The standard InChI is InChI=1S/C9H20N2OS/c1-9(2,8(12)10-3)7-11-5-6-13-4/h11H,5-7H2,1-4H3,(H,10,12). The molecule has 0 atom stereocenters. The van der Waals surface area contributed by atoms with E-state index in [2.05, 4.69) is 16.9 Å². The SMILES string of the molecule is CNC(=O)C(C)(C)CNCCSC. The second-order valence-corrected chi connectivity index (χ2v) is 4.62. The highest BCUT2D eigenvalue weighted by Gasteiger charge is 2.25. The summed E-state index contributed by atoms with van der Waals surface area (Å²) in [5.74, 6) is 1.17. The smallest absolute Gasteiger partial charge is 0.226 e. The number of carbonyl (C=O) groups excluding carboxylic acids is 1. The van der Waals surface area contributed by atoms with E-state index < -0.39 is 0 Å². The molecule has 0 aromatic heterocycles. The van der Waals surface area contributed by atoms with Crippen LogP contribution >= 0.6 is 11.8 Å². The van der Waals surface area contributed by atoms with Gasteiger partial charge in [0.2, 0.25) is 5.91 Å². The third kappa shape index (κ3) is 5.16. The fourth-order valence-corrected chi connectivity index (χ4v) is 1.34. The van der Waals surface area contributed by atoms with Crippen LogP contribution in [0.2, 0.25) is 0 Å². The van der Waals surface area contributed by atoms with Crippen molar-refractivity contribution in [2.45, 2.75) is 13.8 Å². The van der Waals surface area contributed by atoms with E-state index in [1.54, 1.807) is 18.8 Å². The minimum atomic E-state index is -0.312. The van der Waals surface area contributed by atoms with Crippen LogP contribution in [0, 0.1) is 5.41 Å². The highest BCUT2D eigenvalue weighted by molar-refractivity contribution is 7.98. The third-order valence-electron chi connectivity index (χ3n) is 1.89. The molecule has 3 nitrogen and oxygen atoms in total. The molecule has 0 saturated heterocycles. The van der Waals surface area contributed by atoms with Gasteiger partial charge in [0.05, 0.1) is 5.41 Å². The molecule has 1 amide bonds. The molecule has 13 heavy (non-hydrogen) atoms. The van der Waals surface area contributed by atoms with Gasteiger partial charge in [0.25, 0.3) is 0 Å². The van der Waals surface area contributed by atoms with Crippen LogP contribution in [-0.2, 0) is 4.79 Å². The fraction of sp³-hybridized carbons (Fsp3) is 0.889. The van der Waals surface area contributed by atoms with Gasteiger partial charge < -0.3 is 10.6 Å². The molecule has 78 valence electrons. The zero-order valence-electron chi connectivity index (χ0n) is 8.94.